The predicted molar refractivity (Wildman–Crippen MR) is 75.7 cm³/mol. The third kappa shape index (κ3) is 2.32. The first-order chi connectivity index (χ1) is 9.20. The molecule has 0 bridgehead atoms. The molecule has 1 aliphatic carbocycles. The Balaban J connectivity index is 1.78. The van der Waals surface area contributed by atoms with Gasteiger partial charge in [0.2, 0.25) is 0 Å². The van der Waals surface area contributed by atoms with Gasteiger partial charge in [-0.1, -0.05) is 30.3 Å². The maximum atomic E-state index is 12.2. The number of hydrogen-bond donors (Lipinski definition) is 2. The molecule has 3 heteroatoms. The van der Waals surface area contributed by atoms with Crippen LogP contribution in [0.1, 0.15) is 28.8 Å². The van der Waals surface area contributed by atoms with Crippen LogP contribution in [0.25, 0.3) is 0 Å². The molecule has 0 aromatic heterocycles. The largest absolute Gasteiger partial charge is 0.399 e. The van der Waals surface area contributed by atoms with E-state index in [4.69, 9.17) is 5.73 Å². The standard InChI is InChI=1S/C16H16N2O/c17-14-8-6-12(7-9-14)15(19)18-16(10-11-16)13-4-2-1-3-5-13/h1-9H,10-11,17H2,(H,18,19). The highest BCUT2D eigenvalue weighted by Crippen LogP contribution is 2.45. The lowest BCUT2D eigenvalue weighted by molar-refractivity contribution is 0.0931. The number of hydrogen-bond acceptors (Lipinski definition) is 2. The van der Waals surface area contributed by atoms with Crippen molar-refractivity contribution in [1.29, 1.82) is 0 Å². The molecule has 0 aliphatic heterocycles. The molecule has 1 fully saturated rings. The van der Waals surface area contributed by atoms with Gasteiger partial charge in [0.25, 0.3) is 5.91 Å². The second-order valence-electron chi connectivity index (χ2n) is 5.02. The van der Waals surface area contributed by atoms with Crippen LogP contribution in [-0.4, -0.2) is 5.91 Å². The van der Waals surface area contributed by atoms with Gasteiger partial charge >= 0.3 is 0 Å². The summed E-state index contributed by atoms with van der Waals surface area (Å²) in [5.41, 5.74) is 7.96. The summed E-state index contributed by atoms with van der Waals surface area (Å²) in [7, 11) is 0. The first kappa shape index (κ1) is 11.8. The van der Waals surface area contributed by atoms with Gasteiger partial charge < -0.3 is 11.1 Å². The second kappa shape index (κ2) is 4.43. The van der Waals surface area contributed by atoms with Crippen LogP contribution in [0.2, 0.25) is 0 Å². The molecule has 19 heavy (non-hydrogen) atoms. The summed E-state index contributed by atoms with van der Waals surface area (Å²) in [6.45, 7) is 0. The Bertz CT molecular complexity index is 586. The topological polar surface area (TPSA) is 55.1 Å². The molecule has 1 aliphatic rings. The third-order valence-electron chi connectivity index (χ3n) is 3.60. The van der Waals surface area contributed by atoms with E-state index < -0.39 is 0 Å². The molecule has 2 aromatic carbocycles. The van der Waals surface area contributed by atoms with Crippen LogP contribution >= 0.6 is 0 Å². The highest BCUT2D eigenvalue weighted by atomic mass is 16.1. The van der Waals surface area contributed by atoms with Crippen molar-refractivity contribution in [3.63, 3.8) is 0 Å². The van der Waals surface area contributed by atoms with Crippen LogP contribution in [-0.2, 0) is 5.54 Å². The SMILES string of the molecule is Nc1ccc(C(=O)NC2(c3ccccc3)CC2)cc1. The van der Waals surface area contributed by atoms with Crippen molar-refractivity contribution in [2.45, 2.75) is 18.4 Å². The molecule has 0 saturated heterocycles. The van der Waals surface area contributed by atoms with Gasteiger partial charge in [0.05, 0.1) is 5.54 Å². The Hall–Kier alpha value is -2.29. The van der Waals surface area contributed by atoms with E-state index in [2.05, 4.69) is 17.4 Å². The molecule has 0 radical (unpaired) electrons. The zero-order valence-electron chi connectivity index (χ0n) is 10.6. The molecular formula is C16H16N2O. The average Bonchev–Trinajstić information content (AvgIpc) is 3.21. The Labute approximate surface area is 112 Å². The van der Waals surface area contributed by atoms with Crippen LogP contribution in [0.15, 0.2) is 54.6 Å². The van der Waals surface area contributed by atoms with Gasteiger partial charge in [0, 0.05) is 11.3 Å². The minimum Gasteiger partial charge on any atom is -0.399 e. The molecule has 3 N–H and O–H groups in total. The van der Waals surface area contributed by atoms with Crippen molar-refractivity contribution in [2.24, 2.45) is 0 Å². The van der Waals surface area contributed by atoms with Gasteiger partial charge in [-0.2, -0.15) is 0 Å². The molecule has 3 rings (SSSR count). The Morgan fingerprint density at radius 3 is 2.21 bits per heavy atom. The lowest BCUT2D eigenvalue weighted by Gasteiger charge is -2.18. The number of carbonyl (C=O) groups excluding carboxylic acids is 1. The number of nitrogens with two attached hydrogens (primary N) is 1. The van der Waals surface area contributed by atoms with Gasteiger partial charge in [0.1, 0.15) is 0 Å². The van der Waals surface area contributed by atoms with Crippen molar-refractivity contribution in [3.05, 3.63) is 65.7 Å². The van der Waals surface area contributed by atoms with Crippen molar-refractivity contribution >= 4 is 11.6 Å². The summed E-state index contributed by atoms with van der Waals surface area (Å²) in [6, 6.07) is 17.1. The number of nitrogens with one attached hydrogen (secondary N) is 1. The molecule has 0 atom stereocenters. The van der Waals surface area contributed by atoms with E-state index in [1.54, 1.807) is 24.3 Å². The quantitative estimate of drug-likeness (QED) is 0.825. The number of rotatable bonds is 3. The average molecular weight is 252 g/mol. The maximum absolute atomic E-state index is 12.2. The second-order valence-corrected chi connectivity index (χ2v) is 5.02. The summed E-state index contributed by atoms with van der Waals surface area (Å²) < 4.78 is 0. The number of amides is 1. The van der Waals surface area contributed by atoms with Crippen molar-refractivity contribution in [1.82, 2.24) is 5.32 Å². The molecule has 2 aromatic rings. The predicted octanol–water partition coefficient (Wildman–Crippen LogP) is 2.69. The molecule has 96 valence electrons. The van der Waals surface area contributed by atoms with Crippen LogP contribution in [0.5, 0.6) is 0 Å². The van der Waals surface area contributed by atoms with Crippen molar-refractivity contribution < 1.29 is 4.79 Å². The Kier molecular flexibility index (Phi) is 2.75. The third-order valence-corrected chi connectivity index (χ3v) is 3.60. The Morgan fingerprint density at radius 1 is 1.00 bits per heavy atom. The molecule has 1 amide bonds. The molecule has 0 heterocycles. The zero-order valence-corrected chi connectivity index (χ0v) is 10.6. The minimum atomic E-state index is -0.167. The van der Waals surface area contributed by atoms with E-state index in [-0.39, 0.29) is 11.4 Å². The van der Waals surface area contributed by atoms with Crippen molar-refractivity contribution in [2.75, 3.05) is 5.73 Å². The van der Waals surface area contributed by atoms with Gasteiger partial charge in [-0.3, -0.25) is 4.79 Å². The molecular weight excluding hydrogens is 236 g/mol. The van der Waals surface area contributed by atoms with Gasteiger partial charge in [-0.15, -0.1) is 0 Å². The molecule has 0 spiro atoms. The van der Waals surface area contributed by atoms with Crippen molar-refractivity contribution in [3.8, 4) is 0 Å². The fraction of sp³-hybridized carbons (Fsp3) is 0.188. The summed E-state index contributed by atoms with van der Waals surface area (Å²) in [6.07, 6.45) is 2.00. The normalized spacial score (nSPS) is 15.8. The highest BCUT2D eigenvalue weighted by Gasteiger charge is 2.45. The Morgan fingerprint density at radius 2 is 1.63 bits per heavy atom. The summed E-state index contributed by atoms with van der Waals surface area (Å²) in [5.74, 6) is -0.0404. The summed E-state index contributed by atoms with van der Waals surface area (Å²) >= 11 is 0. The van der Waals surface area contributed by atoms with E-state index in [0.717, 1.165) is 12.8 Å². The number of benzene rings is 2. The first-order valence-corrected chi connectivity index (χ1v) is 6.43. The van der Waals surface area contributed by atoms with Crippen LogP contribution < -0.4 is 11.1 Å². The van der Waals surface area contributed by atoms with E-state index >= 15 is 0 Å². The van der Waals surface area contributed by atoms with E-state index in [0.29, 0.717) is 11.3 Å². The molecule has 0 unspecified atom stereocenters. The smallest absolute Gasteiger partial charge is 0.251 e. The zero-order chi connectivity index (χ0) is 13.3. The fourth-order valence-electron chi connectivity index (χ4n) is 2.29. The first-order valence-electron chi connectivity index (χ1n) is 6.43. The number of anilines is 1. The minimum absolute atomic E-state index is 0.0404. The van der Waals surface area contributed by atoms with E-state index in [1.807, 2.05) is 18.2 Å². The lowest BCUT2D eigenvalue weighted by atomic mass is 10.0. The molecule has 1 saturated carbocycles. The highest BCUT2D eigenvalue weighted by molar-refractivity contribution is 5.95. The monoisotopic (exact) mass is 252 g/mol. The number of nitrogen functional groups attached to an aromatic ring is 1. The molecule has 3 nitrogen and oxygen atoms in total. The lowest BCUT2D eigenvalue weighted by Crippen LogP contribution is -2.34. The van der Waals surface area contributed by atoms with Crippen LogP contribution in [0.3, 0.4) is 0 Å². The van der Waals surface area contributed by atoms with Crippen LogP contribution in [0, 0.1) is 0 Å². The van der Waals surface area contributed by atoms with E-state index in [1.165, 1.54) is 5.56 Å². The maximum Gasteiger partial charge on any atom is 0.251 e. The van der Waals surface area contributed by atoms with E-state index in [9.17, 15) is 4.79 Å². The summed E-state index contributed by atoms with van der Waals surface area (Å²) in [4.78, 5) is 12.2. The van der Waals surface area contributed by atoms with Gasteiger partial charge in [-0.25, -0.2) is 0 Å². The fourth-order valence-corrected chi connectivity index (χ4v) is 2.29. The number of carbonyl (C=O) groups is 1. The summed E-state index contributed by atoms with van der Waals surface area (Å²) in [5, 5.41) is 3.14. The van der Waals surface area contributed by atoms with Gasteiger partial charge in [-0.05, 0) is 42.7 Å². The van der Waals surface area contributed by atoms with Gasteiger partial charge in [0.15, 0.2) is 0 Å². The van der Waals surface area contributed by atoms with Crippen LogP contribution in [0.4, 0.5) is 5.69 Å².